The Morgan fingerprint density at radius 3 is 2.50 bits per heavy atom. The summed E-state index contributed by atoms with van der Waals surface area (Å²) >= 11 is 3.34. The van der Waals surface area contributed by atoms with Crippen molar-refractivity contribution in [2.45, 2.75) is 13.0 Å². The van der Waals surface area contributed by atoms with Gasteiger partial charge in [0.05, 0.1) is 10.7 Å². The average molecular weight is 204 g/mol. The highest BCUT2D eigenvalue weighted by molar-refractivity contribution is 9.10. The van der Waals surface area contributed by atoms with Gasteiger partial charge in [0.1, 0.15) is 0 Å². The second-order valence-corrected chi connectivity index (χ2v) is 3.20. The van der Waals surface area contributed by atoms with Crippen molar-refractivity contribution >= 4 is 15.9 Å². The van der Waals surface area contributed by atoms with Gasteiger partial charge in [-0.05, 0) is 34.5 Å². The third-order valence-corrected chi connectivity index (χ3v) is 2.24. The summed E-state index contributed by atoms with van der Waals surface area (Å²) in [5, 5.41) is 9.13. The zero-order chi connectivity index (χ0) is 7.72. The van der Waals surface area contributed by atoms with Gasteiger partial charge in [0, 0.05) is 13.2 Å². The van der Waals surface area contributed by atoms with E-state index in [-0.39, 0.29) is 6.10 Å². The predicted molar refractivity (Wildman–Crippen MR) is 43.7 cm³/mol. The first kappa shape index (κ1) is 7.82. The molecule has 1 atom stereocenters. The smallest absolute Gasteiger partial charge is 0.0847 e. The van der Waals surface area contributed by atoms with Gasteiger partial charge in [-0.2, -0.15) is 0 Å². The van der Waals surface area contributed by atoms with E-state index in [1.165, 1.54) is 0 Å². The first-order chi connectivity index (χ1) is 4.61. The number of nitrogens with zero attached hydrogens (tertiary/aromatic N) is 1. The van der Waals surface area contributed by atoms with Gasteiger partial charge in [0.15, 0.2) is 0 Å². The highest BCUT2D eigenvalue weighted by Crippen LogP contribution is 2.18. The Kier molecular flexibility index (Phi) is 2.16. The van der Waals surface area contributed by atoms with Crippen molar-refractivity contribution in [2.75, 3.05) is 0 Å². The van der Waals surface area contributed by atoms with Crippen LogP contribution in [-0.4, -0.2) is 9.67 Å². The summed E-state index contributed by atoms with van der Waals surface area (Å²) in [7, 11) is 1.93. The lowest BCUT2D eigenvalue weighted by molar-refractivity contribution is 0.199. The summed E-state index contributed by atoms with van der Waals surface area (Å²) < 4.78 is 2.91. The van der Waals surface area contributed by atoms with Gasteiger partial charge in [-0.1, -0.05) is 0 Å². The molecule has 0 amide bonds. The van der Waals surface area contributed by atoms with Gasteiger partial charge in [0.25, 0.3) is 0 Å². The van der Waals surface area contributed by atoms with E-state index in [9.17, 15) is 0 Å². The van der Waals surface area contributed by atoms with Crippen LogP contribution in [0.2, 0.25) is 0 Å². The molecule has 0 aliphatic carbocycles. The van der Waals surface area contributed by atoms with Gasteiger partial charge in [-0.15, -0.1) is 0 Å². The maximum absolute atomic E-state index is 9.13. The number of aliphatic hydroxyl groups is 1. The van der Waals surface area contributed by atoms with Crippen LogP contribution < -0.4 is 0 Å². The first-order valence-electron chi connectivity index (χ1n) is 3.11. The Balaban J connectivity index is 2.98. The molecule has 10 heavy (non-hydrogen) atoms. The number of hydrogen-bond acceptors (Lipinski definition) is 1. The molecule has 0 aliphatic rings. The SMILES string of the molecule is CC(O)c1cc(Br)n(C)c1. The third-order valence-electron chi connectivity index (χ3n) is 1.45. The van der Waals surface area contributed by atoms with Crippen LogP contribution in [0.25, 0.3) is 0 Å². The van der Waals surface area contributed by atoms with Crippen LogP contribution in [0.15, 0.2) is 16.9 Å². The molecule has 56 valence electrons. The van der Waals surface area contributed by atoms with Crippen LogP contribution in [0.5, 0.6) is 0 Å². The molecule has 1 aromatic rings. The Morgan fingerprint density at radius 1 is 1.70 bits per heavy atom. The van der Waals surface area contributed by atoms with E-state index < -0.39 is 0 Å². The summed E-state index contributed by atoms with van der Waals surface area (Å²) in [6.45, 7) is 1.75. The summed E-state index contributed by atoms with van der Waals surface area (Å²) in [6.07, 6.45) is 1.52. The lowest BCUT2D eigenvalue weighted by Gasteiger charge is -1.96. The molecule has 1 aromatic heterocycles. The third kappa shape index (κ3) is 1.41. The van der Waals surface area contributed by atoms with Crippen LogP contribution in [0.1, 0.15) is 18.6 Å². The molecule has 0 aliphatic heterocycles. The van der Waals surface area contributed by atoms with Crippen molar-refractivity contribution in [3.63, 3.8) is 0 Å². The highest BCUT2D eigenvalue weighted by atomic mass is 79.9. The molecule has 2 nitrogen and oxygen atoms in total. The van der Waals surface area contributed by atoms with Gasteiger partial charge in [0.2, 0.25) is 0 Å². The molecule has 0 aromatic carbocycles. The van der Waals surface area contributed by atoms with Crippen molar-refractivity contribution in [3.8, 4) is 0 Å². The maximum atomic E-state index is 9.13. The van der Waals surface area contributed by atoms with Gasteiger partial charge >= 0.3 is 0 Å². The standard InChI is InChI=1S/C7H10BrNO/c1-5(10)6-3-7(8)9(2)4-6/h3-5,10H,1-2H3. The minimum absolute atomic E-state index is 0.377. The lowest BCUT2D eigenvalue weighted by Crippen LogP contribution is -1.87. The van der Waals surface area contributed by atoms with E-state index >= 15 is 0 Å². The highest BCUT2D eigenvalue weighted by Gasteiger charge is 2.03. The van der Waals surface area contributed by atoms with Crippen molar-refractivity contribution in [2.24, 2.45) is 7.05 Å². The fraction of sp³-hybridized carbons (Fsp3) is 0.429. The Bertz CT molecular complexity index is 210. The maximum Gasteiger partial charge on any atom is 0.0847 e. The van der Waals surface area contributed by atoms with Crippen LogP contribution in [0.4, 0.5) is 0 Å². The molecule has 0 fully saturated rings. The largest absolute Gasteiger partial charge is 0.389 e. The van der Waals surface area contributed by atoms with E-state index in [2.05, 4.69) is 15.9 Å². The summed E-state index contributed by atoms with van der Waals surface area (Å²) in [5.41, 5.74) is 0.939. The van der Waals surface area contributed by atoms with E-state index in [0.29, 0.717) is 0 Å². The first-order valence-corrected chi connectivity index (χ1v) is 3.90. The van der Waals surface area contributed by atoms with Crippen LogP contribution in [0, 0.1) is 0 Å². The van der Waals surface area contributed by atoms with Gasteiger partial charge in [-0.25, -0.2) is 0 Å². The second-order valence-electron chi connectivity index (χ2n) is 2.38. The second kappa shape index (κ2) is 2.76. The topological polar surface area (TPSA) is 25.2 Å². The van der Waals surface area contributed by atoms with Gasteiger partial charge in [-0.3, -0.25) is 0 Å². The van der Waals surface area contributed by atoms with E-state index in [1.807, 2.05) is 23.9 Å². The molecule has 0 radical (unpaired) electrons. The Hall–Kier alpha value is -0.280. The number of hydrogen-bond donors (Lipinski definition) is 1. The minimum Gasteiger partial charge on any atom is -0.389 e. The molecule has 1 rings (SSSR count). The average Bonchev–Trinajstić information content (AvgIpc) is 2.13. The number of aryl methyl sites for hydroxylation is 1. The van der Waals surface area contributed by atoms with E-state index in [4.69, 9.17) is 5.11 Å². The lowest BCUT2D eigenvalue weighted by atomic mass is 10.2. The zero-order valence-electron chi connectivity index (χ0n) is 6.00. The summed E-state index contributed by atoms with van der Waals surface area (Å²) in [5.74, 6) is 0. The van der Waals surface area contributed by atoms with E-state index in [0.717, 1.165) is 10.2 Å². The molecular weight excluding hydrogens is 194 g/mol. The molecule has 1 heterocycles. The van der Waals surface area contributed by atoms with Crippen LogP contribution >= 0.6 is 15.9 Å². The monoisotopic (exact) mass is 203 g/mol. The molecule has 0 saturated carbocycles. The number of aliphatic hydroxyl groups excluding tert-OH is 1. The molecule has 1 unspecified atom stereocenters. The molecule has 0 bridgehead atoms. The molecule has 1 N–H and O–H groups in total. The number of halogens is 1. The summed E-state index contributed by atoms with van der Waals surface area (Å²) in [4.78, 5) is 0. The summed E-state index contributed by atoms with van der Waals surface area (Å²) in [6, 6.07) is 1.91. The van der Waals surface area contributed by atoms with Gasteiger partial charge < -0.3 is 9.67 Å². The van der Waals surface area contributed by atoms with Crippen molar-refractivity contribution < 1.29 is 5.11 Å². The quantitative estimate of drug-likeness (QED) is 0.741. The fourth-order valence-electron chi connectivity index (χ4n) is 0.790. The van der Waals surface area contributed by atoms with Crippen LogP contribution in [-0.2, 0) is 7.05 Å². The molecular formula is C7H10BrNO. The predicted octanol–water partition coefficient (Wildman–Crippen LogP) is 1.84. The van der Waals surface area contributed by atoms with E-state index in [1.54, 1.807) is 6.92 Å². The Morgan fingerprint density at radius 2 is 2.30 bits per heavy atom. The number of aromatic nitrogens is 1. The molecule has 3 heteroatoms. The fourth-order valence-corrected chi connectivity index (χ4v) is 1.16. The van der Waals surface area contributed by atoms with Crippen molar-refractivity contribution in [3.05, 3.63) is 22.4 Å². The molecule has 0 spiro atoms. The van der Waals surface area contributed by atoms with Crippen LogP contribution in [0.3, 0.4) is 0 Å². The normalized spacial score (nSPS) is 13.6. The number of rotatable bonds is 1. The van der Waals surface area contributed by atoms with Crippen molar-refractivity contribution in [1.82, 2.24) is 4.57 Å². The minimum atomic E-state index is -0.377. The van der Waals surface area contributed by atoms with Crippen molar-refractivity contribution in [1.29, 1.82) is 0 Å². The Labute approximate surface area is 68.6 Å². The molecule has 0 saturated heterocycles. The zero-order valence-corrected chi connectivity index (χ0v) is 7.59.